The van der Waals surface area contributed by atoms with Crippen molar-refractivity contribution in [1.82, 2.24) is 0 Å². The van der Waals surface area contributed by atoms with E-state index in [1.54, 1.807) is 0 Å². The number of phosphoric acid groups is 1. The van der Waals surface area contributed by atoms with E-state index in [4.69, 9.17) is 23.0 Å². The van der Waals surface area contributed by atoms with Gasteiger partial charge in [0, 0.05) is 12.8 Å². The Labute approximate surface area is 210 Å². The highest BCUT2D eigenvalue weighted by Crippen LogP contribution is 2.55. The van der Waals surface area contributed by atoms with E-state index in [0.717, 1.165) is 30.4 Å². The first kappa shape index (κ1) is 26.0. The summed E-state index contributed by atoms with van der Waals surface area (Å²) >= 11 is 0. The molecule has 0 radical (unpaired) electrons. The first-order chi connectivity index (χ1) is 17.4. The second-order valence-corrected chi connectivity index (χ2v) is 11.3. The number of fused-ring (bicyclic) bond motifs is 1. The van der Waals surface area contributed by atoms with Gasteiger partial charge >= 0.3 is 7.82 Å². The maximum atomic E-state index is 13.9. The van der Waals surface area contributed by atoms with Crippen LogP contribution in [0.4, 0.5) is 0 Å². The van der Waals surface area contributed by atoms with Gasteiger partial charge in [-0.25, -0.2) is 4.57 Å². The number of hydrogen-bond donors (Lipinski definition) is 3. The number of ether oxygens (including phenoxy) is 2. The molecule has 196 valence electrons. The van der Waals surface area contributed by atoms with Crippen LogP contribution in [0.2, 0.25) is 0 Å². The number of benzene rings is 2. The van der Waals surface area contributed by atoms with Crippen molar-refractivity contribution >= 4 is 7.82 Å². The molecule has 9 nitrogen and oxygen atoms in total. The Kier molecular flexibility index (Phi) is 7.93. The summed E-state index contributed by atoms with van der Waals surface area (Å²) in [6.07, 6.45) is -3.73. The van der Waals surface area contributed by atoms with Gasteiger partial charge in [-0.2, -0.15) is 0 Å². The van der Waals surface area contributed by atoms with Crippen LogP contribution < -0.4 is 0 Å². The molecule has 0 bridgehead atoms. The van der Waals surface area contributed by atoms with Crippen LogP contribution in [0.15, 0.2) is 60.7 Å². The van der Waals surface area contributed by atoms with Gasteiger partial charge in [-0.15, -0.1) is 0 Å². The molecular formula is C26H33O9P. The third-order valence-electron chi connectivity index (χ3n) is 7.05. The molecule has 5 rings (SSSR count). The maximum Gasteiger partial charge on any atom is 0.475 e. The van der Waals surface area contributed by atoms with Crippen molar-refractivity contribution in [2.75, 3.05) is 0 Å². The molecule has 2 aromatic carbocycles. The van der Waals surface area contributed by atoms with Crippen molar-refractivity contribution in [3.8, 4) is 0 Å². The number of rotatable bonds is 8. The zero-order chi connectivity index (χ0) is 25.2. The highest BCUT2D eigenvalue weighted by molar-refractivity contribution is 7.48. The van der Waals surface area contributed by atoms with Gasteiger partial charge in [0.25, 0.3) is 0 Å². The molecule has 3 N–H and O–H groups in total. The molecule has 6 atom stereocenters. The lowest BCUT2D eigenvalue weighted by Gasteiger charge is -2.41. The Morgan fingerprint density at radius 1 is 0.750 bits per heavy atom. The van der Waals surface area contributed by atoms with Gasteiger partial charge in [0.05, 0.1) is 13.2 Å². The fourth-order valence-corrected chi connectivity index (χ4v) is 6.47. The average molecular weight is 521 g/mol. The molecule has 2 aliphatic carbocycles. The minimum atomic E-state index is -4.29. The van der Waals surface area contributed by atoms with E-state index in [2.05, 4.69) is 0 Å². The predicted octanol–water partition coefficient (Wildman–Crippen LogP) is 3.45. The largest absolute Gasteiger partial charge is 0.475 e. The maximum absolute atomic E-state index is 13.9. The minimum absolute atomic E-state index is 0.0592. The highest BCUT2D eigenvalue weighted by atomic mass is 31.2. The summed E-state index contributed by atoms with van der Waals surface area (Å²) in [4.78, 5) is 0. The Morgan fingerprint density at radius 3 is 1.83 bits per heavy atom. The van der Waals surface area contributed by atoms with Crippen LogP contribution in [-0.2, 0) is 40.8 Å². The van der Waals surface area contributed by atoms with Gasteiger partial charge in [0.1, 0.15) is 36.6 Å². The van der Waals surface area contributed by atoms with Crippen LogP contribution in [0.25, 0.3) is 0 Å². The summed E-state index contributed by atoms with van der Waals surface area (Å²) in [5, 5.41) is 32.1. The molecule has 0 aromatic heterocycles. The van der Waals surface area contributed by atoms with Crippen molar-refractivity contribution in [2.24, 2.45) is 0 Å². The van der Waals surface area contributed by atoms with Crippen LogP contribution in [0.5, 0.6) is 0 Å². The van der Waals surface area contributed by atoms with E-state index in [1.165, 1.54) is 0 Å². The van der Waals surface area contributed by atoms with Crippen LogP contribution in [-0.4, -0.2) is 57.7 Å². The van der Waals surface area contributed by atoms with Crippen LogP contribution in [0.3, 0.4) is 0 Å². The first-order valence-electron chi connectivity index (χ1n) is 12.4. The van der Waals surface area contributed by atoms with Gasteiger partial charge in [-0.1, -0.05) is 67.1 Å². The summed E-state index contributed by atoms with van der Waals surface area (Å²) in [7, 11) is -4.29. The molecule has 1 heterocycles. The van der Waals surface area contributed by atoms with Crippen LogP contribution in [0.1, 0.15) is 43.2 Å². The van der Waals surface area contributed by atoms with Crippen LogP contribution in [0, 0.1) is 0 Å². The zero-order valence-electron chi connectivity index (χ0n) is 19.9. The molecule has 3 aliphatic rings. The molecule has 1 spiro atoms. The molecule has 2 saturated carbocycles. The minimum Gasteiger partial charge on any atom is -0.387 e. The lowest BCUT2D eigenvalue weighted by atomic mass is 9.85. The molecule has 3 fully saturated rings. The molecule has 0 amide bonds. The number of aliphatic hydroxyl groups is 3. The number of hydrogen-bond acceptors (Lipinski definition) is 9. The molecule has 1 aliphatic heterocycles. The molecule has 36 heavy (non-hydrogen) atoms. The van der Waals surface area contributed by atoms with Crippen molar-refractivity contribution in [3.63, 3.8) is 0 Å². The average Bonchev–Trinajstić information content (AvgIpc) is 3.28. The summed E-state index contributed by atoms with van der Waals surface area (Å²) in [5.41, 5.74) is 1.51. The van der Waals surface area contributed by atoms with Crippen molar-refractivity contribution in [1.29, 1.82) is 0 Å². The fraction of sp³-hybridized carbons (Fsp3) is 0.538. The second kappa shape index (κ2) is 11.0. The van der Waals surface area contributed by atoms with Crippen molar-refractivity contribution in [2.45, 2.75) is 87.7 Å². The van der Waals surface area contributed by atoms with Crippen molar-refractivity contribution in [3.05, 3.63) is 71.8 Å². The first-order valence-corrected chi connectivity index (χ1v) is 13.9. The highest BCUT2D eigenvalue weighted by Gasteiger charge is 2.61. The van der Waals surface area contributed by atoms with Gasteiger partial charge in [-0.05, 0) is 24.0 Å². The standard InChI is InChI=1S/C26H33O9P/c27-20-21(28)23-25(34-26(33-23)14-8-3-9-15-26)24(22(20)29)35-36(30,31-16-18-10-4-1-5-11-18)32-17-19-12-6-2-7-13-19/h1-2,4-7,10-13,20-25,27-29H,3,8-9,14-17H2/t20-,21-,22+,23+,24-,25+/m0/s1. The fourth-order valence-electron chi connectivity index (χ4n) is 5.11. The summed E-state index contributed by atoms with van der Waals surface area (Å²) in [5.74, 6) is -0.931. The van der Waals surface area contributed by atoms with Gasteiger partial charge < -0.3 is 24.8 Å². The van der Waals surface area contributed by atoms with Crippen LogP contribution >= 0.6 is 7.82 Å². The van der Waals surface area contributed by atoms with E-state index in [0.29, 0.717) is 12.8 Å². The number of phosphoric ester groups is 1. The Morgan fingerprint density at radius 2 is 1.28 bits per heavy atom. The Bertz CT molecular complexity index is 983. The summed E-state index contributed by atoms with van der Waals surface area (Å²) < 4.78 is 43.6. The second-order valence-electron chi connectivity index (χ2n) is 9.64. The van der Waals surface area contributed by atoms with Gasteiger partial charge in [0.2, 0.25) is 0 Å². The van der Waals surface area contributed by atoms with E-state index < -0.39 is 50.2 Å². The number of aliphatic hydroxyl groups excluding tert-OH is 3. The third-order valence-corrected chi connectivity index (χ3v) is 8.45. The van der Waals surface area contributed by atoms with E-state index in [9.17, 15) is 19.9 Å². The third kappa shape index (κ3) is 5.60. The quantitative estimate of drug-likeness (QED) is 0.449. The molecule has 1 saturated heterocycles. The Balaban J connectivity index is 1.38. The van der Waals surface area contributed by atoms with E-state index in [-0.39, 0.29) is 13.2 Å². The predicted molar refractivity (Wildman–Crippen MR) is 129 cm³/mol. The van der Waals surface area contributed by atoms with Gasteiger partial charge in [0.15, 0.2) is 5.79 Å². The summed E-state index contributed by atoms with van der Waals surface area (Å²) in [6, 6.07) is 18.3. The SMILES string of the molecule is O=P(OCc1ccccc1)(OCc1ccccc1)O[C@H]1[C@H](O)[C@@H](O)[C@H](O)[C@H]2OC3(CCCCC3)O[C@H]21. The Hall–Kier alpha value is -1.65. The molecule has 2 aromatic rings. The smallest absolute Gasteiger partial charge is 0.387 e. The molecular weight excluding hydrogens is 487 g/mol. The van der Waals surface area contributed by atoms with E-state index >= 15 is 0 Å². The topological polar surface area (TPSA) is 124 Å². The lowest BCUT2D eigenvalue weighted by molar-refractivity contribution is -0.202. The zero-order valence-corrected chi connectivity index (χ0v) is 20.8. The normalized spacial score (nSPS) is 31.9. The monoisotopic (exact) mass is 520 g/mol. The molecule has 0 unspecified atom stereocenters. The van der Waals surface area contributed by atoms with Gasteiger partial charge in [-0.3, -0.25) is 13.6 Å². The molecule has 10 heteroatoms. The van der Waals surface area contributed by atoms with Crippen molar-refractivity contribution < 1.29 is 42.9 Å². The van der Waals surface area contributed by atoms with E-state index in [1.807, 2.05) is 60.7 Å². The lowest BCUT2D eigenvalue weighted by Crippen LogP contribution is -2.63. The summed E-state index contributed by atoms with van der Waals surface area (Å²) in [6.45, 7) is -0.118.